The number of ether oxygens (including phenoxy) is 1. The Bertz CT molecular complexity index is 179. The number of aliphatic imine (C=N–C) groups is 1. The largest absolute Gasteiger partial charge is 0.391 e. The zero-order valence-electron chi connectivity index (χ0n) is 5.09. The van der Waals surface area contributed by atoms with E-state index in [2.05, 4.69) is 9.73 Å². The maximum atomic E-state index is 6.76. The zero-order valence-corrected chi connectivity index (χ0v) is 5.09. The van der Waals surface area contributed by atoms with Gasteiger partial charge in [-0.2, -0.15) is 4.99 Å². The van der Waals surface area contributed by atoms with E-state index >= 15 is 0 Å². The van der Waals surface area contributed by atoms with Gasteiger partial charge in [-0.15, -0.1) is 0 Å². The number of amidine groups is 2. The number of nitrogens with zero attached hydrogens (tertiary/aromatic N) is 1. The first kappa shape index (κ1) is 8.21. The second kappa shape index (κ2) is 3.28. The minimum atomic E-state index is -0.630. The molecule has 0 aliphatic rings. The Balaban J connectivity index is 3.88. The van der Waals surface area contributed by atoms with Gasteiger partial charge in [0.05, 0.1) is 0 Å². The molecule has 0 saturated heterocycles. The van der Waals surface area contributed by atoms with Crippen LogP contribution in [0.25, 0.3) is 0 Å². The van der Waals surface area contributed by atoms with Gasteiger partial charge in [0.2, 0.25) is 0 Å². The summed E-state index contributed by atoms with van der Waals surface area (Å²) < 4.78 is 4.16. The lowest BCUT2D eigenvalue weighted by molar-refractivity contribution is 0.518. The molecule has 0 aromatic carbocycles. The Kier molecular flexibility index (Phi) is 2.69. The molecule has 0 heterocycles. The lowest BCUT2D eigenvalue weighted by Gasteiger charge is -1.97. The third-order valence-corrected chi connectivity index (χ3v) is 0.437. The van der Waals surface area contributed by atoms with Crippen molar-refractivity contribution in [3.63, 3.8) is 0 Å². The quantitative estimate of drug-likeness (QED) is 0.199. The number of rotatable bonds is 0. The van der Waals surface area contributed by atoms with Crippen molar-refractivity contribution in [2.75, 3.05) is 0 Å². The summed E-state index contributed by atoms with van der Waals surface area (Å²) in [5, 5.41) is 13.3. The van der Waals surface area contributed by atoms with E-state index in [1.165, 1.54) is 0 Å². The molecule has 0 amide bonds. The molecule has 0 aliphatic carbocycles. The maximum Gasteiger partial charge on any atom is 0.319 e. The number of guanidine groups is 1. The van der Waals surface area contributed by atoms with Gasteiger partial charge in [-0.05, 0) is 0 Å². The summed E-state index contributed by atoms with van der Waals surface area (Å²) in [4.78, 5) is 3.13. The molecule has 0 bridgehead atoms. The Morgan fingerprint density at radius 1 is 1.20 bits per heavy atom. The van der Waals surface area contributed by atoms with Gasteiger partial charge in [-0.3, -0.25) is 5.41 Å². The average molecular weight is 144 g/mol. The highest BCUT2D eigenvalue weighted by Crippen LogP contribution is 1.76. The van der Waals surface area contributed by atoms with Crippen molar-refractivity contribution in [3.05, 3.63) is 0 Å². The van der Waals surface area contributed by atoms with E-state index in [0.29, 0.717) is 0 Å². The van der Waals surface area contributed by atoms with Crippen LogP contribution in [0, 0.1) is 10.8 Å². The Labute approximate surface area is 56.9 Å². The highest BCUT2D eigenvalue weighted by molar-refractivity contribution is 5.93. The highest BCUT2D eigenvalue weighted by atomic mass is 16.5. The summed E-state index contributed by atoms with van der Waals surface area (Å²) >= 11 is 0. The second-order valence-electron chi connectivity index (χ2n) is 1.31. The summed E-state index contributed by atoms with van der Waals surface area (Å²) in [5.74, 6) is -0.314. The third kappa shape index (κ3) is 4.37. The van der Waals surface area contributed by atoms with Gasteiger partial charge in [0.1, 0.15) is 0 Å². The van der Waals surface area contributed by atoms with Crippen LogP contribution in [0.3, 0.4) is 0 Å². The van der Waals surface area contributed by atoms with Gasteiger partial charge >= 0.3 is 6.02 Å². The Morgan fingerprint density at radius 2 is 1.70 bits per heavy atom. The van der Waals surface area contributed by atoms with E-state index in [4.69, 9.17) is 28.0 Å². The lowest BCUT2D eigenvalue weighted by Crippen LogP contribution is -2.26. The molecule has 0 aliphatic heterocycles. The normalized spacial score (nSPS) is 8.00. The first-order chi connectivity index (χ1) is 4.52. The Hall–Kier alpha value is -1.79. The molecular weight excluding hydrogens is 136 g/mol. The van der Waals surface area contributed by atoms with E-state index in [9.17, 15) is 0 Å². The fourth-order valence-corrected chi connectivity index (χ4v) is 0.244. The van der Waals surface area contributed by atoms with Gasteiger partial charge in [0.15, 0.2) is 5.96 Å². The molecule has 56 valence electrons. The fourth-order valence-electron chi connectivity index (χ4n) is 0.244. The number of hydrogen-bond acceptors (Lipinski definition) is 3. The lowest BCUT2D eigenvalue weighted by atomic mass is 11.0. The maximum absolute atomic E-state index is 6.76. The summed E-state index contributed by atoms with van der Waals surface area (Å²) in [6, 6.07) is -1.23. The van der Waals surface area contributed by atoms with Crippen LogP contribution >= 0.6 is 0 Å². The molecule has 0 aromatic heterocycles. The number of hydrogen-bond donors (Lipinski definition) is 5. The van der Waals surface area contributed by atoms with Crippen LogP contribution in [0.1, 0.15) is 0 Å². The van der Waals surface area contributed by atoms with Crippen molar-refractivity contribution in [3.8, 4) is 0 Å². The van der Waals surface area contributed by atoms with E-state index in [1.807, 2.05) is 0 Å². The predicted octanol–water partition coefficient (Wildman–Crippen LogP) is -1.90. The van der Waals surface area contributed by atoms with Crippen molar-refractivity contribution >= 4 is 18.0 Å². The summed E-state index contributed by atoms with van der Waals surface area (Å²) in [6.45, 7) is 0. The molecular formula is C3H8N6O. The number of nitrogens with two attached hydrogens (primary N) is 3. The van der Waals surface area contributed by atoms with Gasteiger partial charge in [-0.25, -0.2) is 5.41 Å². The molecule has 0 atom stereocenters. The smallest absolute Gasteiger partial charge is 0.319 e. The molecule has 0 rings (SSSR count). The van der Waals surface area contributed by atoms with Crippen LogP contribution < -0.4 is 17.2 Å². The molecule has 0 saturated carbocycles. The van der Waals surface area contributed by atoms with Crippen LogP contribution in [0.4, 0.5) is 0 Å². The van der Waals surface area contributed by atoms with Crippen LogP contribution in [0.2, 0.25) is 0 Å². The van der Waals surface area contributed by atoms with Gasteiger partial charge < -0.3 is 21.9 Å². The van der Waals surface area contributed by atoms with Crippen LogP contribution in [-0.2, 0) is 4.74 Å². The molecule has 0 fully saturated rings. The monoisotopic (exact) mass is 144 g/mol. The summed E-state index contributed by atoms with van der Waals surface area (Å²) in [7, 11) is 0. The minimum absolute atomic E-state index is 0.314. The van der Waals surface area contributed by atoms with Crippen molar-refractivity contribution in [1.82, 2.24) is 0 Å². The molecule has 0 spiro atoms. The van der Waals surface area contributed by atoms with Crippen molar-refractivity contribution < 1.29 is 4.74 Å². The Morgan fingerprint density at radius 3 is 2.00 bits per heavy atom. The topological polar surface area (TPSA) is 147 Å². The molecule has 7 heteroatoms. The van der Waals surface area contributed by atoms with Crippen molar-refractivity contribution in [2.24, 2.45) is 22.2 Å². The van der Waals surface area contributed by atoms with E-state index < -0.39 is 12.0 Å². The zero-order chi connectivity index (χ0) is 8.15. The van der Waals surface area contributed by atoms with Gasteiger partial charge in [-0.1, -0.05) is 0 Å². The van der Waals surface area contributed by atoms with E-state index in [0.717, 1.165) is 0 Å². The van der Waals surface area contributed by atoms with Crippen LogP contribution in [0.15, 0.2) is 4.99 Å². The first-order valence-electron chi connectivity index (χ1n) is 2.22. The summed E-state index contributed by atoms with van der Waals surface area (Å²) in [5.41, 5.74) is 14.5. The van der Waals surface area contributed by atoms with Gasteiger partial charge in [0.25, 0.3) is 6.02 Å². The number of nitrogens with one attached hydrogen (secondary N) is 2. The highest BCUT2D eigenvalue weighted by Gasteiger charge is 1.95. The molecule has 0 unspecified atom stereocenters. The van der Waals surface area contributed by atoms with Crippen LogP contribution in [-0.4, -0.2) is 18.0 Å². The molecule has 8 N–H and O–H groups in total. The third-order valence-electron chi connectivity index (χ3n) is 0.437. The molecule has 7 nitrogen and oxygen atoms in total. The standard InChI is InChI=1S/C3H8N6O/c4-1(5)9-3(8)10-2(6)7/h(H3,6,7)(H5,4,5,8,9). The first-order valence-corrected chi connectivity index (χ1v) is 2.22. The average Bonchev–Trinajstić information content (AvgIpc) is 1.58. The summed E-state index contributed by atoms with van der Waals surface area (Å²) in [6.07, 6.45) is 0. The molecule has 0 aromatic rings. The molecule has 10 heavy (non-hydrogen) atoms. The van der Waals surface area contributed by atoms with Gasteiger partial charge in [0, 0.05) is 0 Å². The van der Waals surface area contributed by atoms with Crippen LogP contribution in [0.5, 0.6) is 0 Å². The van der Waals surface area contributed by atoms with Crippen molar-refractivity contribution in [1.29, 1.82) is 10.8 Å². The fraction of sp³-hybridized carbons (Fsp3) is 0. The van der Waals surface area contributed by atoms with E-state index in [-0.39, 0.29) is 5.96 Å². The SMILES string of the molecule is N=C(N)OC(=N)N=C(N)N. The molecule has 0 radical (unpaired) electrons. The predicted molar refractivity (Wildman–Crippen MR) is 36.5 cm³/mol. The second-order valence-corrected chi connectivity index (χ2v) is 1.31. The minimum Gasteiger partial charge on any atom is -0.391 e. The van der Waals surface area contributed by atoms with E-state index in [1.54, 1.807) is 0 Å². The van der Waals surface area contributed by atoms with Crippen molar-refractivity contribution in [2.45, 2.75) is 0 Å².